The van der Waals surface area contributed by atoms with Gasteiger partial charge >= 0.3 is 0 Å². The van der Waals surface area contributed by atoms with E-state index in [-0.39, 0.29) is 18.0 Å². The van der Waals surface area contributed by atoms with Crippen LogP contribution < -0.4 is 4.90 Å². The Morgan fingerprint density at radius 1 is 1.15 bits per heavy atom. The zero-order valence-corrected chi connectivity index (χ0v) is 15.3. The van der Waals surface area contributed by atoms with Gasteiger partial charge in [-0.25, -0.2) is 9.97 Å². The van der Waals surface area contributed by atoms with Crippen molar-refractivity contribution in [3.8, 4) is 11.3 Å². The van der Waals surface area contributed by atoms with E-state index in [0.717, 1.165) is 41.2 Å². The number of anilines is 1. The molecule has 1 saturated heterocycles. The van der Waals surface area contributed by atoms with Gasteiger partial charge in [-0.1, -0.05) is 6.07 Å². The number of carbonyl (C=O) groups excluding carboxylic acids is 1. The highest BCUT2D eigenvalue weighted by molar-refractivity contribution is 5.91. The summed E-state index contributed by atoms with van der Waals surface area (Å²) in [5.74, 6) is 1.09. The number of fused-ring (bicyclic) bond motifs is 1. The molecule has 4 rings (SSSR count). The molecule has 134 valence electrons. The summed E-state index contributed by atoms with van der Waals surface area (Å²) < 4.78 is 0. The number of piperazine rings is 1. The van der Waals surface area contributed by atoms with Crippen LogP contribution >= 0.6 is 0 Å². The molecular formula is C20H23N5O. The smallest absolute Gasteiger partial charge is 0.220 e. The van der Waals surface area contributed by atoms with Gasteiger partial charge in [-0.2, -0.15) is 0 Å². The van der Waals surface area contributed by atoms with Crippen LogP contribution in [0.25, 0.3) is 22.3 Å². The molecule has 3 aromatic heterocycles. The first kappa shape index (κ1) is 16.6. The van der Waals surface area contributed by atoms with Crippen LogP contribution in [-0.2, 0) is 4.79 Å². The second-order valence-corrected chi connectivity index (χ2v) is 7.01. The standard InChI is InChI=1S/C20H23N5O/c1-13-11-24(12-14(2)25(13)15(3)26)19-6-4-5-18(23-19)16-7-9-21-20-17(16)8-10-22-20/h4-10,13-14H,11-12H2,1-3H3,(H,21,22)/t13-,14+. The molecule has 0 spiro atoms. The van der Waals surface area contributed by atoms with Crippen LogP contribution in [-0.4, -0.2) is 50.9 Å². The molecule has 1 aliphatic heterocycles. The van der Waals surface area contributed by atoms with Crippen molar-refractivity contribution in [1.82, 2.24) is 19.9 Å². The van der Waals surface area contributed by atoms with Crippen molar-refractivity contribution in [3.05, 3.63) is 42.7 Å². The van der Waals surface area contributed by atoms with Crippen LogP contribution in [0.4, 0.5) is 5.82 Å². The molecule has 4 heterocycles. The molecule has 2 atom stereocenters. The number of amides is 1. The quantitative estimate of drug-likeness (QED) is 0.772. The maximum Gasteiger partial charge on any atom is 0.220 e. The molecule has 0 saturated carbocycles. The Kier molecular flexibility index (Phi) is 4.11. The lowest BCUT2D eigenvalue weighted by atomic mass is 10.1. The minimum Gasteiger partial charge on any atom is -0.352 e. The summed E-state index contributed by atoms with van der Waals surface area (Å²) >= 11 is 0. The van der Waals surface area contributed by atoms with Gasteiger partial charge < -0.3 is 14.8 Å². The van der Waals surface area contributed by atoms with E-state index in [0.29, 0.717) is 0 Å². The highest BCUT2D eigenvalue weighted by Gasteiger charge is 2.31. The number of hydrogen-bond donors (Lipinski definition) is 1. The van der Waals surface area contributed by atoms with Gasteiger partial charge in [0.2, 0.25) is 5.91 Å². The van der Waals surface area contributed by atoms with Crippen molar-refractivity contribution in [2.75, 3.05) is 18.0 Å². The summed E-state index contributed by atoms with van der Waals surface area (Å²) in [5, 5.41) is 1.07. The number of pyridine rings is 2. The first-order valence-electron chi connectivity index (χ1n) is 8.98. The van der Waals surface area contributed by atoms with Crippen LogP contribution in [0.1, 0.15) is 20.8 Å². The molecule has 0 bridgehead atoms. The molecule has 3 aromatic rings. The van der Waals surface area contributed by atoms with Gasteiger partial charge in [0.25, 0.3) is 0 Å². The van der Waals surface area contributed by atoms with Crippen LogP contribution in [0.3, 0.4) is 0 Å². The van der Waals surface area contributed by atoms with Crippen molar-refractivity contribution in [2.24, 2.45) is 0 Å². The van der Waals surface area contributed by atoms with Crippen LogP contribution in [0.2, 0.25) is 0 Å². The van der Waals surface area contributed by atoms with E-state index in [1.54, 1.807) is 13.1 Å². The normalized spacial score (nSPS) is 20.6. The van der Waals surface area contributed by atoms with Gasteiger partial charge in [0.15, 0.2) is 0 Å². The molecular weight excluding hydrogens is 326 g/mol. The van der Waals surface area contributed by atoms with Gasteiger partial charge in [-0.05, 0) is 38.1 Å². The molecule has 6 nitrogen and oxygen atoms in total. The van der Waals surface area contributed by atoms with E-state index in [9.17, 15) is 4.79 Å². The maximum absolute atomic E-state index is 11.9. The minimum absolute atomic E-state index is 0.137. The minimum atomic E-state index is 0.137. The first-order valence-corrected chi connectivity index (χ1v) is 8.98. The lowest BCUT2D eigenvalue weighted by Crippen LogP contribution is -2.58. The Labute approximate surface area is 152 Å². The summed E-state index contributed by atoms with van der Waals surface area (Å²) in [7, 11) is 0. The first-order chi connectivity index (χ1) is 12.5. The van der Waals surface area contributed by atoms with Crippen LogP contribution in [0.5, 0.6) is 0 Å². The van der Waals surface area contributed by atoms with E-state index in [4.69, 9.17) is 4.98 Å². The molecule has 1 fully saturated rings. The van der Waals surface area contributed by atoms with E-state index in [1.807, 2.05) is 41.4 Å². The number of H-pyrrole nitrogens is 1. The average Bonchev–Trinajstić information content (AvgIpc) is 3.09. The molecule has 0 aromatic carbocycles. The summed E-state index contributed by atoms with van der Waals surface area (Å²) in [6.07, 6.45) is 3.70. The van der Waals surface area contributed by atoms with Gasteiger partial charge in [-0.3, -0.25) is 4.79 Å². The monoisotopic (exact) mass is 349 g/mol. The second-order valence-electron chi connectivity index (χ2n) is 7.01. The predicted molar refractivity (Wildman–Crippen MR) is 103 cm³/mol. The topological polar surface area (TPSA) is 65.1 Å². The second kappa shape index (κ2) is 6.44. The molecule has 0 radical (unpaired) electrons. The van der Waals surface area contributed by atoms with Crippen LogP contribution in [0.15, 0.2) is 42.7 Å². The van der Waals surface area contributed by atoms with Crippen LogP contribution in [0, 0.1) is 0 Å². The van der Waals surface area contributed by atoms with E-state index < -0.39 is 0 Å². The zero-order valence-electron chi connectivity index (χ0n) is 15.3. The fourth-order valence-corrected chi connectivity index (χ4v) is 4.06. The lowest BCUT2D eigenvalue weighted by molar-refractivity contribution is -0.133. The van der Waals surface area contributed by atoms with E-state index in [2.05, 4.69) is 28.7 Å². The van der Waals surface area contributed by atoms with Gasteiger partial charge in [0.05, 0.1) is 5.69 Å². The number of nitrogens with zero attached hydrogens (tertiary/aromatic N) is 4. The van der Waals surface area contributed by atoms with Crippen molar-refractivity contribution in [2.45, 2.75) is 32.9 Å². The third kappa shape index (κ3) is 2.81. The van der Waals surface area contributed by atoms with Crippen molar-refractivity contribution < 1.29 is 4.79 Å². The predicted octanol–water partition coefficient (Wildman–Crippen LogP) is 3.07. The molecule has 1 aliphatic rings. The highest BCUT2D eigenvalue weighted by atomic mass is 16.2. The SMILES string of the molecule is CC(=O)N1[C@H](C)CN(c2cccc(-c3ccnc4[nH]ccc34)n2)C[C@@H]1C. The van der Waals surface area contributed by atoms with Crippen molar-refractivity contribution in [3.63, 3.8) is 0 Å². The van der Waals surface area contributed by atoms with E-state index >= 15 is 0 Å². The summed E-state index contributed by atoms with van der Waals surface area (Å²) in [4.78, 5) is 28.5. The number of carbonyl (C=O) groups is 1. The maximum atomic E-state index is 11.9. The average molecular weight is 349 g/mol. The van der Waals surface area contributed by atoms with Gasteiger partial charge in [-0.15, -0.1) is 0 Å². The zero-order chi connectivity index (χ0) is 18.3. The Morgan fingerprint density at radius 2 is 1.92 bits per heavy atom. The molecule has 0 unspecified atom stereocenters. The Morgan fingerprint density at radius 3 is 2.65 bits per heavy atom. The number of rotatable bonds is 2. The number of aromatic amines is 1. The summed E-state index contributed by atoms with van der Waals surface area (Å²) in [5.41, 5.74) is 2.87. The van der Waals surface area contributed by atoms with Gasteiger partial charge in [0.1, 0.15) is 11.5 Å². The summed E-state index contributed by atoms with van der Waals surface area (Å²) in [6, 6.07) is 10.5. The molecule has 1 N–H and O–H groups in total. The van der Waals surface area contributed by atoms with Gasteiger partial charge in [0, 0.05) is 55.4 Å². The highest BCUT2D eigenvalue weighted by Crippen LogP contribution is 2.28. The number of aromatic nitrogens is 3. The number of nitrogens with one attached hydrogen (secondary N) is 1. The molecule has 6 heteroatoms. The fraction of sp³-hybridized carbons (Fsp3) is 0.350. The Hall–Kier alpha value is -2.89. The van der Waals surface area contributed by atoms with E-state index in [1.165, 1.54) is 0 Å². The molecule has 0 aliphatic carbocycles. The number of hydrogen-bond acceptors (Lipinski definition) is 4. The third-order valence-corrected chi connectivity index (χ3v) is 5.08. The fourth-order valence-electron chi connectivity index (χ4n) is 4.06. The van der Waals surface area contributed by atoms with Crippen molar-refractivity contribution >= 4 is 22.8 Å². The lowest BCUT2D eigenvalue weighted by Gasteiger charge is -2.44. The Bertz CT molecular complexity index is 938. The molecule has 26 heavy (non-hydrogen) atoms. The van der Waals surface area contributed by atoms with Crippen molar-refractivity contribution in [1.29, 1.82) is 0 Å². The largest absolute Gasteiger partial charge is 0.352 e. The Balaban J connectivity index is 1.67. The third-order valence-electron chi connectivity index (χ3n) is 5.08. The summed E-state index contributed by atoms with van der Waals surface area (Å²) in [6.45, 7) is 7.42. The molecule has 1 amide bonds.